The first-order valence-electron chi connectivity index (χ1n) is 14.2. The van der Waals surface area contributed by atoms with Gasteiger partial charge in [0.15, 0.2) is 0 Å². The van der Waals surface area contributed by atoms with Crippen molar-refractivity contribution >= 4 is 35.2 Å². The lowest BCUT2D eigenvalue weighted by Crippen LogP contribution is -2.57. The molecule has 0 aromatic heterocycles. The molecule has 212 valence electrons. The van der Waals surface area contributed by atoms with Crippen molar-refractivity contribution in [3.8, 4) is 0 Å². The number of aliphatic hydroxyl groups is 1. The maximum Gasteiger partial charge on any atom is 0.247 e. The van der Waals surface area contributed by atoms with Crippen LogP contribution in [0, 0.1) is 11.8 Å². The summed E-state index contributed by atoms with van der Waals surface area (Å²) < 4.78 is -1.18. The van der Waals surface area contributed by atoms with Crippen LogP contribution in [0.5, 0.6) is 0 Å². The number of rotatable bonds is 13. The Morgan fingerprint density at radius 3 is 2.46 bits per heavy atom. The van der Waals surface area contributed by atoms with E-state index in [-0.39, 0.29) is 24.3 Å². The van der Waals surface area contributed by atoms with Crippen LogP contribution in [0.25, 0.3) is 0 Å². The molecule has 1 aromatic carbocycles. The van der Waals surface area contributed by atoms with Gasteiger partial charge in [0.05, 0.1) is 29.2 Å². The number of amides is 3. The van der Waals surface area contributed by atoms with Crippen LogP contribution in [0.1, 0.15) is 52.9 Å². The summed E-state index contributed by atoms with van der Waals surface area (Å²) in [7, 11) is 0. The van der Waals surface area contributed by atoms with Crippen LogP contribution in [0.15, 0.2) is 55.6 Å². The molecule has 3 aliphatic heterocycles. The van der Waals surface area contributed by atoms with Gasteiger partial charge in [-0.3, -0.25) is 14.4 Å². The molecule has 1 N–H and O–H groups in total. The average molecular weight is 554 g/mol. The summed E-state index contributed by atoms with van der Waals surface area (Å²) in [4.78, 5) is 48.2. The highest BCUT2D eigenvalue weighted by Crippen LogP contribution is 2.72. The highest BCUT2D eigenvalue weighted by Gasteiger charge is 2.77. The van der Waals surface area contributed by atoms with E-state index >= 15 is 0 Å². The molecular formula is C31H43N3O4S. The van der Waals surface area contributed by atoms with Crippen molar-refractivity contribution < 1.29 is 19.5 Å². The van der Waals surface area contributed by atoms with Crippen molar-refractivity contribution in [3.05, 3.63) is 55.6 Å². The molecule has 4 rings (SSSR count). The van der Waals surface area contributed by atoms with Gasteiger partial charge in [0, 0.05) is 30.1 Å². The Morgan fingerprint density at radius 1 is 1.15 bits per heavy atom. The van der Waals surface area contributed by atoms with Gasteiger partial charge < -0.3 is 19.8 Å². The maximum absolute atomic E-state index is 14.4. The van der Waals surface area contributed by atoms with Crippen LogP contribution in [-0.2, 0) is 14.4 Å². The third-order valence-corrected chi connectivity index (χ3v) is 10.8. The van der Waals surface area contributed by atoms with E-state index in [1.165, 1.54) is 0 Å². The predicted octanol–water partition coefficient (Wildman–Crippen LogP) is 4.27. The number of unbranched alkanes of at least 4 members (excludes halogenated alkanes) is 2. The van der Waals surface area contributed by atoms with Gasteiger partial charge in [-0.1, -0.05) is 50.1 Å². The van der Waals surface area contributed by atoms with Crippen molar-refractivity contribution in [3.63, 3.8) is 0 Å². The van der Waals surface area contributed by atoms with Gasteiger partial charge in [0.25, 0.3) is 0 Å². The fourth-order valence-corrected chi connectivity index (χ4v) is 9.31. The third-order valence-electron chi connectivity index (χ3n) is 8.79. The molecule has 3 saturated heterocycles. The summed E-state index contributed by atoms with van der Waals surface area (Å²) in [5.74, 6) is -1.61. The number of likely N-dealkylation sites (tertiary alicyclic amines) is 1. The first-order chi connectivity index (χ1) is 18.7. The van der Waals surface area contributed by atoms with E-state index in [1.807, 2.05) is 35.2 Å². The van der Waals surface area contributed by atoms with Crippen LogP contribution in [0.2, 0.25) is 0 Å². The van der Waals surface area contributed by atoms with Gasteiger partial charge in [0.2, 0.25) is 17.7 Å². The number of para-hydroxylation sites is 1. The van der Waals surface area contributed by atoms with Gasteiger partial charge in [0.1, 0.15) is 6.04 Å². The van der Waals surface area contributed by atoms with E-state index < -0.39 is 33.4 Å². The Kier molecular flexibility index (Phi) is 8.96. The number of hydrogen-bond donors (Lipinski definition) is 1. The molecule has 1 aromatic rings. The van der Waals surface area contributed by atoms with Crippen LogP contribution >= 0.6 is 11.8 Å². The Hall–Kier alpha value is -2.58. The summed E-state index contributed by atoms with van der Waals surface area (Å²) >= 11 is 1.66. The van der Waals surface area contributed by atoms with E-state index in [9.17, 15) is 19.5 Å². The zero-order valence-corrected chi connectivity index (χ0v) is 24.4. The molecule has 0 aliphatic carbocycles. The van der Waals surface area contributed by atoms with E-state index in [2.05, 4.69) is 27.0 Å². The second kappa shape index (κ2) is 11.9. The Bertz CT molecular complexity index is 1100. The van der Waals surface area contributed by atoms with Crippen LogP contribution in [-0.4, -0.2) is 80.4 Å². The topological polar surface area (TPSA) is 81.2 Å². The second-order valence-electron chi connectivity index (χ2n) is 11.4. The van der Waals surface area contributed by atoms with E-state index in [0.29, 0.717) is 26.1 Å². The van der Waals surface area contributed by atoms with Crippen molar-refractivity contribution in [2.45, 2.75) is 74.5 Å². The second-order valence-corrected chi connectivity index (χ2v) is 13.3. The maximum atomic E-state index is 14.4. The first kappa shape index (κ1) is 29.4. The molecule has 3 aliphatic rings. The molecule has 8 heteroatoms. The van der Waals surface area contributed by atoms with E-state index in [0.717, 1.165) is 31.4 Å². The van der Waals surface area contributed by atoms with Crippen molar-refractivity contribution in [1.29, 1.82) is 0 Å². The smallest absolute Gasteiger partial charge is 0.247 e. The SMILES string of the molecule is C=CCN(CCCCC)C(=O)C1N([C@H](C)CO)C(=O)[C@@H]2[C@@H](C(=O)N(CC=C)c3ccccc3)[C@@]3(C)CCC12S3. The fourth-order valence-electron chi connectivity index (χ4n) is 6.98. The summed E-state index contributed by atoms with van der Waals surface area (Å²) in [6, 6.07) is 8.22. The largest absolute Gasteiger partial charge is 0.394 e. The molecule has 3 fully saturated rings. The van der Waals surface area contributed by atoms with Crippen molar-refractivity contribution in [1.82, 2.24) is 9.80 Å². The van der Waals surface area contributed by atoms with Crippen molar-refractivity contribution in [2.75, 3.05) is 31.1 Å². The molecule has 2 bridgehead atoms. The summed E-state index contributed by atoms with van der Waals surface area (Å²) in [6.45, 7) is 14.8. The summed E-state index contributed by atoms with van der Waals surface area (Å²) in [5, 5.41) is 10.2. The molecule has 0 saturated carbocycles. The van der Waals surface area contributed by atoms with Crippen LogP contribution < -0.4 is 4.90 Å². The van der Waals surface area contributed by atoms with Crippen LogP contribution in [0.3, 0.4) is 0 Å². The van der Waals surface area contributed by atoms with Crippen molar-refractivity contribution in [2.24, 2.45) is 11.8 Å². The average Bonchev–Trinajstić information content (AvgIpc) is 3.51. The van der Waals surface area contributed by atoms with Gasteiger partial charge in [-0.25, -0.2) is 0 Å². The number of carbonyl (C=O) groups excluding carboxylic acids is 3. The van der Waals surface area contributed by atoms with Gasteiger partial charge in [-0.15, -0.1) is 24.9 Å². The van der Waals surface area contributed by atoms with E-state index in [1.54, 1.807) is 40.6 Å². The summed E-state index contributed by atoms with van der Waals surface area (Å²) in [5.41, 5.74) is 0.763. The number of aliphatic hydroxyl groups excluding tert-OH is 1. The fraction of sp³-hybridized carbons (Fsp3) is 0.581. The highest BCUT2D eigenvalue weighted by atomic mass is 32.2. The van der Waals surface area contributed by atoms with Gasteiger partial charge in [-0.2, -0.15) is 0 Å². The zero-order valence-electron chi connectivity index (χ0n) is 23.6. The number of carbonyl (C=O) groups is 3. The number of benzene rings is 1. The molecule has 1 spiro atoms. The molecule has 0 radical (unpaired) electrons. The third kappa shape index (κ3) is 4.95. The molecule has 3 amide bonds. The Balaban J connectivity index is 1.77. The quantitative estimate of drug-likeness (QED) is 0.292. The Labute approximate surface area is 237 Å². The number of hydrogen-bond acceptors (Lipinski definition) is 5. The molecule has 7 nitrogen and oxygen atoms in total. The lowest BCUT2D eigenvalue weighted by atomic mass is 9.66. The lowest BCUT2D eigenvalue weighted by Gasteiger charge is -2.39. The molecule has 39 heavy (non-hydrogen) atoms. The van der Waals surface area contributed by atoms with E-state index in [4.69, 9.17) is 0 Å². The summed E-state index contributed by atoms with van der Waals surface area (Å²) in [6.07, 6.45) is 7.79. The standard InChI is InChI=1S/C31H43N3O4S/c1-6-9-13-20-32(18-7-2)29(38)26-31-17-16-30(5,39-31)24(25(31)28(37)34(26)22(4)21-35)27(36)33(19-8-3)23-14-11-10-12-15-23/h7-8,10-12,14-15,22,24-26,35H,2-3,6,9,13,16-21H2,1,4-5H3/t22-,24+,25+,26?,30-,31?/m1/s1. The number of anilines is 1. The minimum atomic E-state index is -0.729. The van der Waals surface area contributed by atoms with Gasteiger partial charge in [-0.05, 0) is 45.2 Å². The zero-order chi connectivity index (χ0) is 28.4. The normalized spacial score (nSPS) is 29.7. The minimum absolute atomic E-state index is 0.0991. The van der Waals surface area contributed by atoms with Gasteiger partial charge >= 0.3 is 0 Å². The lowest BCUT2D eigenvalue weighted by molar-refractivity contribution is -0.145. The first-order valence-corrected chi connectivity index (χ1v) is 15.0. The predicted molar refractivity (Wildman–Crippen MR) is 157 cm³/mol. The van der Waals surface area contributed by atoms with Crippen LogP contribution in [0.4, 0.5) is 5.69 Å². The monoisotopic (exact) mass is 553 g/mol. The number of fused-ring (bicyclic) bond motifs is 1. The molecular weight excluding hydrogens is 510 g/mol. The molecule has 6 atom stereocenters. The number of nitrogens with zero attached hydrogens (tertiary/aromatic N) is 3. The Morgan fingerprint density at radius 2 is 1.85 bits per heavy atom. The molecule has 3 heterocycles. The minimum Gasteiger partial charge on any atom is -0.394 e. The molecule has 2 unspecified atom stereocenters. The number of thioether (sulfide) groups is 1. The highest BCUT2D eigenvalue weighted by molar-refractivity contribution is 8.02.